The number of nitrogens with zero attached hydrogens (tertiary/aromatic N) is 5. The molecular formula is C30H35ClN8O2S. The lowest BCUT2D eigenvalue weighted by molar-refractivity contribution is 0.587. The first kappa shape index (κ1) is 30.8. The Balaban J connectivity index is 0.00000405. The maximum Gasteiger partial charge on any atom is 0.229 e. The van der Waals surface area contributed by atoms with Crippen LogP contribution in [-0.4, -0.2) is 54.3 Å². The normalized spacial score (nSPS) is 11.2. The topological polar surface area (TPSA) is 117 Å². The summed E-state index contributed by atoms with van der Waals surface area (Å²) in [6.07, 6.45) is 3.07. The molecule has 220 valence electrons. The maximum absolute atomic E-state index is 11.7. The molecule has 2 aromatic heterocycles. The highest BCUT2D eigenvalue weighted by Crippen LogP contribution is 2.28. The molecule has 3 N–H and O–H groups in total. The SMILES string of the molecule is CNS(=O)(=O)CCc1ccc(Nc2nccc(N(C)c3ccc4c(c3)nc(NCCc3ccccc3)n4C)n2)cc1.Cl. The Hall–Kier alpha value is -4.19. The fourth-order valence-electron chi connectivity index (χ4n) is 4.48. The van der Waals surface area contributed by atoms with Gasteiger partial charge in [-0.25, -0.2) is 23.1 Å². The Kier molecular flexibility index (Phi) is 10.00. The number of benzene rings is 3. The van der Waals surface area contributed by atoms with Crippen molar-refractivity contribution in [3.63, 3.8) is 0 Å². The summed E-state index contributed by atoms with van der Waals surface area (Å²) < 4.78 is 27.8. The molecule has 5 aromatic rings. The van der Waals surface area contributed by atoms with E-state index in [1.165, 1.54) is 12.6 Å². The Bertz CT molecular complexity index is 1730. The molecule has 2 heterocycles. The van der Waals surface area contributed by atoms with Gasteiger partial charge in [-0.3, -0.25) is 0 Å². The number of sulfonamides is 1. The zero-order chi connectivity index (χ0) is 28.8. The lowest BCUT2D eigenvalue weighted by Crippen LogP contribution is -2.23. The van der Waals surface area contributed by atoms with Gasteiger partial charge < -0.3 is 20.1 Å². The zero-order valence-corrected chi connectivity index (χ0v) is 25.4. The number of hydrogen-bond acceptors (Lipinski definition) is 8. The monoisotopic (exact) mass is 606 g/mol. The maximum atomic E-state index is 11.7. The van der Waals surface area contributed by atoms with E-state index in [2.05, 4.69) is 67.4 Å². The molecule has 0 unspecified atom stereocenters. The number of rotatable bonds is 12. The van der Waals surface area contributed by atoms with Gasteiger partial charge in [0.2, 0.25) is 21.9 Å². The van der Waals surface area contributed by atoms with Crippen molar-refractivity contribution >= 4 is 62.6 Å². The highest BCUT2D eigenvalue weighted by molar-refractivity contribution is 7.89. The van der Waals surface area contributed by atoms with E-state index in [1.54, 1.807) is 6.20 Å². The molecular weight excluding hydrogens is 572 g/mol. The van der Waals surface area contributed by atoms with Crippen molar-refractivity contribution in [2.45, 2.75) is 12.8 Å². The van der Waals surface area contributed by atoms with E-state index in [1.807, 2.05) is 55.4 Å². The van der Waals surface area contributed by atoms with Crippen LogP contribution in [0, 0.1) is 0 Å². The summed E-state index contributed by atoms with van der Waals surface area (Å²) in [5.74, 6) is 2.07. The molecule has 3 aromatic carbocycles. The van der Waals surface area contributed by atoms with Crippen molar-refractivity contribution in [2.75, 3.05) is 41.9 Å². The van der Waals surface area contributed by atoms with Crippen molar-refractivity contribution in [3.8, 4) is 0 Å². The molecule has 0 aliphatic heterocycles. The van der Waals surface area contributed by atoms with E-state index in [9.17, 15) is 8.42 Å². The molecule has 0 saturated heterocycles. The van der Waals surface area contributed by atoms with Crippen LogP contribution in [0.1, 0.15) is 11.1 Å². The number of aromatic nitrogens is 4. The molecule has 0 aliphatic carbocycles. The van der Waals surface area contributed by atoms with E-state index >= 15 is 0 Å². The molecule has 42 heavy (non-hydrogen) atoms. The first-order chi connectivity index (χ1) is 19.8. The van der Waals surface area contributed by atoms with Gasteiger partial charge >= 0.3 is 0 Å². The molecule has 12 heteroatoms. The highest BCUT2D eigenvalue weighted by Gasteiger charge is 2.13. The summed E-state index contributed by atoms with van der Waals surface area (Å²) in [5.41, 5.74) is 5.93. The molecule has 0 aliphatic rings. The second kappa shape index (κ2) is 13.6. The van der Waals surface area contributed by atoms with Crippen LogP contribution >= 0.6 is 12.4 Å². The third kappa shape index (κ3) is 7.55. The Morgan fingerprint density at radius 3 is 2.38 bits per heavy atom. The minimum atomic E-state index is -3.24. The van der Waals surface area contributed by atoms with Crippen molar-refractivity contribution in [1.29, 1.82) is 0 Å². The van der Waals surface area contributed by atoms with Crippen LogP contribution in [0.15, 0.2) is 85.1 Å². The minimum absolute atomic E-state index is 0. The van der Waals surface area contributed by atoms with Crippen LogP contribution in [-0.2, 0) is 29.9 Å². The Labute approximate surface area is 252 Å². The fourth-order valence-corrected chi connectivity index (χ4v) is 5.19. The third-order valence-electron chi connectivity index (χ3n) is 6.96. The second-order valence-electron chi connectivity index (χ2n) is 9.72. The number of imidazole rings is 1. The summed E-state index contributed by atoms with van der Waals surface area (Å²) in [4.78, 5) is 15.9. The van der Waals surface area contributed by atoms with Gasteiger partial charge in [0.15, 0.2) is 0 Å². The lowest BCUT2D eigenvalue weighted by atomic mass is 10.1. The van der Waals surface area contributed by atoms with Gasteiger partial charge in [-0.1, -0.05) is 42.5 Å². The van der Waals surface area contributed by atoms with Gasteiger partial charge in [-0.05, 0) is 67.4 Å². The number of halogens is 1. The average molecular weight is 607 g/mol. The van der Waals surface area contributed by atoms with Crippen LogP contribution < -0.4 is 20.3 Å². The average Bonchev–Trinajstić information content (AvgIpc) is 3.31. The van der Waals surface area contributed by atoms with Gasteiger partial charge in [0.05, 0.1) is 16.8 Å². The fraction of sp³-hybridized carbons (Fsp3) is 0.233. The predicted molar refractivity (Wildman–Crippen MR) is 173 cm³/mol. The van der Waals surface area contributed by atoms with Crippen molar-refractivity contribution in [1.82, 2.24) is 24.2 Å². The standard InChI is InChI=1S/C30H34N8O2S.ClH/c1-31-41(39,40)20-17-23-9-11-24(12-10-23)34-29-32-19-16-28(36-29)37(2)25-13-14-27-26(21-25)35-30(38(27)3)33-18-15-22-7-5-4-6-8-22;/h4-14,16,19,21,31H,15,17-18,20H2,1-3H3,(H,33,35)(H,32,34,36);1H. The van der Waals surface area contributed by atoms with Crippen LogP contribution in [0.2, 0.25) is 0 Å². The van der Waals surface area contributed by atoms with Crippen LogP contribution in [0.3, 0.4) is 0 Å². The van der Waals surface area contributed by atoms with Gasteiger partial charge in [0.25, 0.3) is 0 Å². The van der Waals surface area contributed by atoms with E-state index in [-0.39, 0.29) is 18.2 Å². The number of hydrogen-bond donors (Lipinski definition) is 3. The van der Waals surface area contributed by atoms with E-state index in [0.29, 0.717) is 12.4 Å². The molecule has 0 radical (unpaired) electrons. The summed E-state index contributed by atoms with van der Waals surface area (Å²) in [6, 6.07) is 26.0. The van der Waals surface area contributed by atoms with E-state index in [4.69, 9.17) is 9.97 Å². The number of anilines is 5. The summed E-state index contributed by atoms with van der Waals surface area (Å²) in [5, 5.41) is 6.69. The van der Waals surface area contributed by atoms with Crippen LogP contribution in [0.5, 0.6) is 0 Å². The number of fused-ring (bicyclic) bond motifs is 1. The largest absolute Gasteiger partial charge is 0.355 e. The quantitative estimate of drug-likeness (QED) is 0.181. The number of aryl methyl sites for hydroxylation is 2. The van der Waals surface area contributed by atoms with Crippen LogP contribution in [0.4, 0.5) is 29.1 Å². The molecule has 0 saturated carbocycles. The van der Waals surface area contributed by atoms with E-state index < -0.39 is 10.0 Å². The zero-order valence-electron chi connectivity index (χ0n) is 23.8. The molecule has 5 rings (SSSR count). The van der Waals surface area contributed by atoms with Crippen molar-refractivity contribution in [2.24, 2.45) is 7.05 Å². The molecule has 0 amide bonds. The second-order valence-corrected chi connectivity index (χ2v) is 11.8. The van der Waals surface area contributed by atoms with Crippen LogP contribution in [0.25, 0.3) is 11.0 Å². The van der Waals surface area contributed by atoms with Crippen molar-refractivity contribution < 1.29 is 8.42 Å². The minimum Gasteiger partial charge on any atom is -0.355 e. The molecule has 0 atom stereocenters. The third-order valence-corrected chi connectivity index (χ3v) is 8.32. The summed E-state index contributed by atoms with van der Waals surface area (Å²) >= 11 is 0. The lowest BCUT2D eigenvalue weighted by Gasteiger charge is -2.19. The van der Waals surface area contributed by atoms with Gasteiger partial charge in [-0.2, -0.15) is 4.98 Å². The van der Waals surface area contributed by atoms with Gasteiger partial charge in [0, 0.05) is 38.2 Å². The molecule has 0 fully saturated rings. The van der Waals surface area contributed by atoms with Gasteiger partial charge in [0.1, 0.15) is 5.82 Å². The van der Waals surface area contributed by atoms with E-state index in [0.717, 1.165) is 52.7 Å². The Morgan fingerprint density at radius 2 is 1.64 bits per heavy atom. The molecule has 0 bridgehead atoms. The highest BCUT2D eigenvalue weighted by atomic mass is 35.5. The van der Waals surface area contributed by atoms with Gasteiger partial charge in [-0.15, -0.1) is 12.4 Å². The smallest absolute Gasteiger partial charge is 0.229 e. The first-order valence-electron chi connectivity index (χ1n) is 13.4. The number of nitrogens with one attached hydrogen (secondary N) is 3. The van der Waals surface area contributed by atoms with Crippen molar-refractivity contribution in [3.05, 3.63) is 96.2 Å². The summed E-state index contributed by atoms with van der Waals surface area (Å²) in [7, 11) is 2.16. The Morgan fingerprint density at radius 1 is 0.905 bits per heavy atom. The molecule has 10 nitrogen and oxygen atoms in total. The first-order valence-corrected chi connectivity index (χ1v) is 15.0. The predicted octanol–water partition coefficient (Wildman–Crippen LogP) is 5.04. The summed E-state index contributed by atoms with van der Waals surface area (Å²) in [6.45, 7) is 0.797. The molecule has 0 spiro atoms.